The molecule has 0 aliphatic rings. The molecule has 0 radical (unpaired) electrons. The number of oxazole rings is 1. The maximum absolute atomic E-state index is 11.5. The van der Waals surface area contributed by atoms with Crippen LogP contribution < -0.4 is 11.1 Å². The van der Waals surface area contributed by atoms with Gasteiger partial charge in [-0.1, -0.05) is 6.07 Å². The van der Waals surface area contributed by atoms with Crippen LogP contribution in [0, 0.1) is 6.92 Å². The molecule has 1 heterocycles. The topological polar surface area (TPSA) is 90.4 Å². The summed E-state index contributed by atoms with van der Waals surface area (Å²) < 4.78 is 10.3. The molecule has 0 saturated heterocycles. The summed E-state index contributed by atoms with van der Waals surface area (Å²) in [6, 6.07) is 7.26. The van der Waals surface area contributed by atoms with Crippen molar-refractivity contribution in [2.24, 2.45) is 5.73 Å². The zero-order valence-electron chi connectivity index (χ0n) is 11.5. The second-order valence-electron chi connectivity index (χ2n) is 4.29. The van der Waals surface area contributed by atoms with Crippen molar-refractivity contribution in [3.8, 4) is 11.5 Å². The van der Waals surface area contributed by atoms with E-state index in [1.54, 1.807) is 12.1 Å². The van der Waals surface area contributed by atoms with E-state index in [-0.39, 0.29) is 12.5 Å². The van der Waals surface area contributed by atoms with Gasteiger partial charge in [-0.15, -0.1) is 0 Å². The number of carbonyl (C=O) groups excluding carboxylic acids is 1. The summed E-state index contributed by atoms with van der Waals surface area (Å²) in [5.41, 5.74) is 7.75. The maximum Gasteiger partial charge on any atom is 0.250 e. The molecule has 0 aliphatic carbocycles. The Morgan fingerprint density at radius 2 is 2.30 bits per heavy atom. The predicted molar refractivity (Wildman–Crippen MR) is 75.1 cm³/mol. The Bertz CT molecular complexity index is 607. The van der Waals surface area contributed by atoms with E-state index in [4.69, 9.17) is 14.9 Å². The number of hydrogen-bond donors (Lipinski definition) is 2. The molecule has 1 aromatic heterocycles. The van der Waals surface area contributed by atoms with Crippen molar-refractivity contribution in [1.29, 1.82) is 0 Å². The van der Waals surface area contributed by atoms with E-state index in [1.165, 1.54) is 7.11 Å². The number of hydrogen-bond acceptors (Lipinski definition) is 5. The number of aryl methyl sites for hydroxylation is 1. The van der Waals surface area contributed by atoms with E-state index >= 15 is 0 Å². The minimum absolute atomic E-state index is 0.0136. The molecule has 0 unspecified atom stereocenters. The molecule has 20 heavy (non-hydrogen) atoms. The first kappa shape index (κ1) is 14.2. The molecule has 2 rings (SSSR count). The van der Waals surface area contributed by atoms with Crippen molar-refractivity contribution in [2.75, 3.05) is 19.0 Å². The smallest absolute Gasteiger partial charge is 0.250 e. The Hall–Kier alpha value is -2.18. The molecule has 0 spiro atoms. The second kappa shape index (κ2) is 6.31. The first-order valence-electron chi connectivity index (χ1n) is 6.19. The zero-order valence-corrected chi connectivity index (χ0v) is 11.5. The highest BCUT2D eigenvalue weighted by atomic mass is 16.5. The minimum Gasteiger partial charge on any atom is -0.441 e. The molecule has 0 atom stereocenters. The third-order valence-corrected chi connectivity index (χ3v) is 2.75. The largest absolute Gasteiger partial charge is 0.441 e. The maximum atomic E-state index is 11.5. The summed E-state index contributed by atoms with van der Waals surface area (Å²) in [5.74, 6) is 0.984. The van der Waals surface area contributed by atoms with Gasteiger partial charge in [-0.3, -0.25) is 4.79 Å². The van der Waals surface area contributed by atoms with Gasteiger partial charge in [0.05, 0.1) is 5.69 Å². The first-order valence-corrected chi connectivity index (χ1v) is 6.19. The fourth-order valence-corrected chi connectivity index (χ4v) is 1.80. The second-order valence-corrected chi connectivity index (χ2v) is 4.29. The van der Waals surface area contributed by atoms with E-state index in [0.29, 0.717) is 23.9 Å². The van der Waals surface area contributed by atoms with Crippen molar-refractivity contribution >= 4 is 11.6 Å². The number of methoxy groups -OCH3 is 1. The van der Waals surface area contributed by atoms with Gasteiger partial charge < -0.3 is 20.2 Å². The van der Waals surface area contributed by atoms with Gasteiger partial charge in [0.1, 0.15) is 12.4 Å². The SMILES string of the molecule is COCC(=O)Nc1cccc(-c2nc(CN)c(C)o2)c1. The van der Waals surface area contributed by atoms with Gasteiger partial charge in [-0.25, -0.2) is 4.98 Å². The van der Waals surface area contributed by atoms with Crippen LogP contribution in [0.1, 0.15) is 11.5 Å². The lowest BCUT2D eigenvalue weighted by Gasteiger charge is -2.05. The Morgan fingerprint density at radius 3 is 2.95 bits per heavy atom. The molecule has 1 amide bonds. The van der Waals surface area contributed by atoms with Crippen LogP contribution in [0.3, 0.4) is 0 Å². The van der Waals surface area contributed by atoms with Gasteiger partial charge in [0.25, 0.3) is 0 Å². The molecule has 0 fully saturated rings. The fourth-order valence-electron chi connectivity index (χ4n) is 1.80. The van der Waals surface area contributed by atoms with E-state index in [2.05, 4.69) is 10.3 Å². The third kappa shape index (κ3) is 3.23. The number of anilines is 1. The van der Waals surface area contributed by atoms with Crippen LogP contribution in [0.15, 0.2) is 28.7 Å². The molecular formula is C14H17N3O3. The highest BCUT2D eigenvalue weighted by Crippen LogP contribution is 2.24. The number of benzene rings is 1. The molecule has 0 bridgehead atoms. The lowest BCUT2D eigenvalue weighted by molar-refractivity contribution is -0.119. The number of aromatic nitrogens is 1. The first-order chi connectivity index (χ1) is 9.63. The number of amides is 1. The van der Waals surface area contributed by atoms with Gasteiger partial charge in [0.2, 0.25) is 11.8 Å². The Kier molecular flexibility index (Phi) is 4.49. The lowest BCUT2D eigenvalue weighted by Crippen LogP contribution is -2.16. The minimum atomic E-state index is -0.212. The molecule has 3 N–H and O–H groups in total. The van der Waals surface area contributed by atoms with Crippen LogP contribution in [0.2, 0.25) is 0 Å². The summed E-state index contributed by atoms with van der Waals surface area (Å²) in [6.07, 6.45) is 0. The van der Waals surface area contributed by atoms with Gasteiger partial charge >= 0.3 is 0 Å². The molecular weight excluding hydrogens is 258 g/mol. The normalized spacial score (nSPS) is 10.6. The van der Waals surface area contributed by atoms with E-state index in [1.807, 2.05) is 19.1 Å². The molecule has 0 saturated carbocycles. The third-order valence-electron chi connectivity index (χ3n) is 2.75. The van der Waals surface area contributed by atoms with Gasteiger partial charge in [-0.05, 0) is 25.1 Å². The highest BCUT2D eigenvalue weighted by Gasteiger charge is 2.11. The predicted octanol–water partition coefficient (Wildman–Crippen LogP) is 1.69. The number of ether oxygens (including phenoxy) is 1. The number of nitrogens with one attached hydrogen (secondary N) is 1. The number of rotatable bonds is 5. The number of carbonyl (C=O) groups is 1. The van der Waals surface area contributed by atoms with Crippen LogP contribution >= 0.6 is 0 Å². The summed E-state index contributed by atoms with van der Waals surface area (Å²) in [7, 11) is 1.47. The Balaban J connectivity index is 2.22. The van der Waals surface area contributed by atoms with E-state index < -0.39 is 0 Å². The van der Waals surface area contributed by atoms with Gasteiger partial charge in [0.15, 0.2) is 0 Å². The number of nitrogens with two attached hydrogens (primary N) is 1. The van der Waals surface area contributed by atoms with Gasteiger partial charge in [-0.2, -0.15) is 0 Å². The van der Waals surface area contributed by atoms with Crippen LogP contribution in [0.4, 0.5) is 5.69 Å². The van der Waals surface area contributed by atoms with Crippen molar-refractivity contribution in [3.63, 3.8) is 0 Å². The molecule has 6 nitrogen and oxygen atoms in total. The molecule has 0 aliphatic heterocycles. The van der Waals surface area contributed by atoms with Crippen LogP contribution in [0.5, 0.6) is 0 Å². The molecule has 2 aromatic rings. The quantitative estimate of drug-likeness (QED) is 0.866. The Labute approximate surface area is 116 Å². The van der Waals surface area contributed by atoms with Crippen LogP contribution in [0.25, 0.3) is 11.5 Å². The molecule has 6 heteroatoms. The monoisotopic (exact) mass is 275 g/mol. The average molecular weight is 275 g/mol. The summed E-state index contributed by atoms with van der Waals surface area (Å²) in [6.45, 7) is 2.17. The van der Waals surface area contributed by atoms with Gasteiger partial charge in [0, 0.05) is 24.9 Å². The molecule has 1 aromatic carbocycles. The van der Waals surface area contributed by atoms with Crippen molar-refractivity contribution in [3.05, 3.63) is 35.7 Å². The fraction of sp³-hybridized carbons (Fsp3) is 0.286. The Morgan fingerprint density at radius 1 is 1.50 bits per heavy atom. The number of nitrogens with zero attached hydrogens (tertiary/aromatic N) is 1. The summed E-state index contributed by atoms with van der Waals surface area (Å²) >= 11 is 0. The van der Waals surface area contributed by atoms with Crippen molar-refractivity contribution in [1.82, 2.24) is 4.98 Å². The zero-order chi connectivity index (χ0) is 14.5. The highest BCUT2D eigenvalue weighted by molar-refractivity contribution is 5.92. The van der Waals surface area contributed by atoms with Crippen molar-refractivity contribution < 1.29 is 13.9 Å². The van der Waals surface area contributed by atoms with Crippen LogP contribution in [-0.2, 0) is 16.1 Å². The summed E-state index contributed by atoms with van der Waals surface area (Å²) in [4.78, 5) is 15.8. The average Bonchev–Trinajstić information content (AvgIpc) is 2.80. The molecule has 106 valence electrons. The standard InChI is InChI=1S/C14H17N3O3/c1-9-12(7-15)17-14(20-9)10-4-3-5-11(6-10)16-13(18)8-19-2/h3-6H,7-8,15H2,1-2H3,(H,16,18). The van der Waals surface area contributed by atoms with E-state index in [0.717, 1.165) is 11.3 Å². The van der Waals surface area contributed by atoms with Crippen LogP contribution in [-0.4, -0.2) is 24.6 Å². The van der Waals surface area contributed by atoms with E-state index in [9.17, 15) is 4.79 Å². The summed E-state index contributed by atoms with van der Waals surface area (Å²) in [5, 5.41) is 2.73. The lowest BCUT2D eigenvalue weighted by atomic mass is 10.2. The van der Waals surface area contributed by atoms with Crippen molar-refractivity contribution in [2.45, 2.75) is 13.5 Å².